The SMILES string of the molecule is CCCc1noc(CCC(=O)Nc2cc(C(F)(F)F)ccc2N(C)C)n1. The molecule has 1 aromatic carbocycles. The second-order valence-corrected chi connectivity index (χ2v) is 6.03. The Kier molecular flexibility index (Phi) is 6.23. The third kappa shape index (κ3) is 5.21. The van der Waals surface area contributed by atoms with E-state index in [0.29, 0.717) is 23.8 Å². The number of nitrogens with one attached hydrogen (secondary N) is 1. The number of carbonyl (C=O) groups is 1. The van der Waals surface area contributed by atoms with Gasteiger partial charge in [-0.25, -0.2) is 0 Å². The average molecular weight is 370 g/mol. The van der Waals surface area contributed by atoms with Gasteiger partial charge in [-0.3, -0.25) is 4.79 Å². The molecule has 2 aromatic rings. The Morgan fingerprint density at radius 3 is 2.62 bits per heavy atom. The number of hydrogen-bond acceptors (Lipinski definition) is 5. The lowest BCUT2D eigenvalue weighted by atomic mass is 10.1. The third-order valence-corrected chi connectivity index (χ3v) is 3.63. The molecular weight excluding hydrogens is 349 g/mol. The fourth-order valence-electron chi connectivity index (χ4n) is 2.35. The van der Waals surface area contributed by atoms with Gasteiger partial charge in [0.1, 0.15) is 0 Å². The molecule has 0 aliphatic rings. The highest BCUT2D eigenvalue weighted by molar-refractivity contribution is 5.94. The summed E-state index contributed by atoms with van der Waals surface area (Å²) in [6.07, 6.45) is -2.67. The molecule has 1 amide bonds. The summed E-state index contributed by atoms with van der Waals surface area (Å²) in [4.78, 5) is 17.9. The number of rotatable bonds is 7. The van der Waals surface area contributed by atoms with Crippen LogP contribution in [0.3, 0.4) is 0 Å². The molecule has 0 fully saturated rings. The fraction of sp³-hybridized carbons (Fsp3) is 0.471. The van der Waals surface area contributed by atoms with Crippen LogP contribution in [-0.2, 0) is 23.8 Å². The Morgan fingerprint density at radius 2 is 2.00 bits per heavy atom. The number of hydrogen-bond donors (Lipinski definition) is 1. The lowest BCUT2D eigenvalue weighted by Crippen LogP contribution is -2.18. The van der Waals surface area contributed by atoms with Crippen LogP contribution < -0.4 is 10.2 Å². The van der Waals surface area contributed by atoms with Crippen LogP contribution >= 0.6 is 0 Å². The van der Waals surface area contributed by atoms with Crippen LogP contribution in [0.5, 0.6) is 0 Å². The monoisotopic (exact) mass is 370 g/mol. The topological polar surface area (TPSA) is 71.3 Å². The van der Waals surface area contributed by atoms with Gasteiger partial charge in [0, 0.05) is 33.4 Å². The zero-order valence-corrected chi connectivity index (χ0v) is 14.9. The normalized spacial score (nSPS) is 11.5. The summed E-state index contributed by atoms with van der Waals surface area (Å²) < 4.78 is 43.8. The number of amides is 1. The minimum atomic E-state index is -4.48. The van der Waals surface area contributed by atoms with Gasteiger partial charge in [-0.15, -0.1) is 0 Å². The van der Waals surface area contributed by atoms with Crippen LogP contribution in [0.15, 0.2) is 22.7 Å². The van der Waals surface area contributed by atoms with E-state index < -0.39 is 17.6 Å². The number of halogens is 3. The number of aryl methyl sites for hydroxylation is 2. The van der Waals surface area contributed by atoms with E-state index in [4.69, 9.17) is 4.52 Å². The molecule has 0 aliphatic carbocycles. The van der Waals surface area contributed by atoms with Gasteiger partial charge in [-0.1, -0.05) is 12.1 Å². The summed E-state index contributed by atoms with van der Waals surface area (Å²) in [6, 6.07) is 3.24. The van der Waals surface area contributed by atoms with Gasteiger partial charge in [0.05, 0.1) is 16.9 Å². The number of nitrogens with zero attached hydrogens (tertiary/aromatic N) is 3. The second kappa shape index (κ2) is 8.20. The molecule has 142 valence electrons. The van der Waals surface area contributed by atoms with Crippen LogP contribution in [0.4, 0.5) is 24.5 Å². The quantitative estimate of drug-likeness (QED) is 0.805. The smallest absolute Gasteiger partial charge is 0.376 e. The summed E-state index contributed by atoms with van der Waals surface area (Å²) in [7, 11) is 3.37. The molecule has 0 saturated carbocycles. The molecule has 0 spiro atoms. The van der Waals surface area contributed by atoms with E-state index in [1.165, 1.54) is 6.07 Å². The van der Waals surface area contributed by atoms with Crippen LogP contribution in [-0.4, -0.2) is 30.1 Å². The molecule has 0 bridgehead atoms. The molecular formula is C17H21F3N4O2. The minimum absolute atomic E-state index is 0.0247. The lowest BCUT2D eigenvalue weighted by Gasteiger charge is -2.19. The van der Waals surface area contributed by atoms with Gasteiger partial charge in [0.2, 0.25) is 11.8 Å². The van der Waals surface area contributed by atoms with Crippen LogP contribution in [0.25, 0.3) is 0 Å². The van der Waals surface area contributed by atoms with E-state index in [1.807, 2.05) is 6.92 Å². The summed E-state index contributed by atoms with van der Waals surface area (Å²) in [5.74, 6) is 0.485. The average Bonchev–Trinajstić information content (AvgIpc) is 3.00. The molecule has 1 heterocycles. The van der Waals surface area contributed by atoms with Crippen molar-refractivity contribution in [3.05, 3.63) is 35.5 Å². The summed E-state index contributed by atoms with van der Waals surface area (Å²) >= 11 is 0. The molecule has 2 rings (SSSR count). The first-order chi connectivity index (χ1) is 12.2. The van der Waals surface area contributed by atoms with Crippen molar-refractivity contribution in [2.24, 2.45) is 0 Å². The molecule has 0 saturated heterocycles. The molecule has 1 aromatic heterocycles. The summed E-state index contributed by atoms with van der Waals surface area (Å²) in [5.41, 5.74) is -0.235. The van der Waals surface area contributed by atoms with Crippen LogP contribution in [0.2, 0.25) is 0 Å². The summed E-state index contributed by atoms with van der Waals surface area (Å²) in [5, 5.41) is 6.33. The maximum atomic E-state index is 12.9. The third-order valence-electron chi connectivity index (χ3n) is 3.63. The number of alkyl halides is 3. The Morgan fingerprint density at radius 1 is 1.27 bits per heavy atom. The second-order valence-electron chi connectivity index (χ2n) is 6.03. The first-order valence-corrected chi connectivity index (χ1v) is 8.20. The lowest BCUT2D eigenvalue weighted by molar-refractivity contribution is -0.137. The van der Waals surface area contributed by atoms with Gasteiger partial charge < -0.3 is 14.7 Å². The van der Waals surface area contributed by atoms with Crippen molar-refractivity contribution in [3.63, 3.8) is 0 Å². The molecule has 0 unspecified atom stereocenters. The first kappa shape index (κ1) is 19.7. The summed E-state index contributed by atoms with van der Waals surface area (Å²) in [6.45, 7) is 1.99. The number of anilines is 2. The fourth-order valence-corrected chi connectivity index (χ4v) is 2.35. The number of aromatic nitrogens is 2. The van der Waals surface area contributed by atoms with Crippen molar-refractivity contribution in [2.45, 2.75) is 38.8 Å². The van der Waals surface area contributed by atoms with Crippen molar-refractivity contribution in [2.75, 3.05) is 24.3 Å². The predicted octanol–water partition coefficient (Wildman–Crippen LogP) is 3.68. The van der Waals surface area contributed by atoms with Crippen molar-refractivity contribution < 1.29 is 22.5 Å². The molecule has 1 N–H and O–H groups in total. The van der Waals surface area contributed by atoms with Gasteiger partial charge in [0.15, 0.2) is 5.82 Å². The standard InChI is InChI=1S/C17H21F3N4O2/c1-4-5-14-22-16(26-23-14)9-8-15(25)21-12-10-11(17(18,19)20)6-7-13(12)24(2)3/h6-7,10H,4-5,8-9H2,1-3H3,(H,21,25). The van der Waals surface area contributed by atoms with Crippen molar-refractivity contribution in [1.82, 2.24) is 10.1 Å². The molecule has 0 radical (unpaired) electrons. The highest BCUT2D eigenvalue weighted by Gasteiger charge is 2.31. The zero-order chi connectivity index (χ0) is 19.3. The van der Waals surface area contributed by atoms with Gasteiger partial charge in [0.25, 0.3) is 0 Å². The van der Waals surface area contributed by atoms with Gasteiger partial charge in [-0.05, 0) is 24.6 Å². The van der Waals surface area contributed by atoms with E-state index in [1.54, 1.807) is 19.0 Å². The first-order valence-electron chi connectivity index (χ1n) is 8.20. The van der Waals surface area contributed by atoms with Crippen molar-refractivity contribution in [3.8, 4) is 0 Å². The maximum absolute atomic E-state index is 12.9. The zero-order valence-electron chi connectivity index (χ0n) is 14.9. The molecule has 0 aliphatic heterocycles. The van der Waals surface area contributed by atoms with E-state index >= 15 is 0 Å². The van der Waals surface area contributed by atoms with Gasteiger partial charge >= 0.3 is 6.18 Å². The van der Waals surface area contributed by atoms with Crippen LogP contribution in [0.1, 0.15) is 37.0 Å². The molecule has 9 heteroatoms. The van der Waals surface area contributed by atoms with E-state index in [2.05, 4.69) is 15.5 Å². The van der Waals surface area contributed by atoms with Crippen LogP contribution in [0, 0.1) is 0 Å². The Balaban J connectivity index is 2.06. The molecule has 6 nitrogen and oxygen atoms in total. The molecule has 26 heavy (non-hydrogen) atoms. The van der Waals surface area contributed by atoms with E-state index in [0.717, 1.165) is 18.6 Å². The largest absolute Gasteiger partial charge is 0.416 e. The Hall–Kier alpha value is -2.58. The highest BCUT2D eigenvalue weighted by Crippen LogP contribution is 2.35. The van der Waals surface area contributed by atoms with Crippen molar-refractivity contribution >= 4 is 17.3 Å². The van der Waals surface area contributed by atoms with Crippen molar-refractivity contribution in [1.29, 1.82) is 0 Å². The highest BCUT2D eigenvalue weighted by atomic mass is 19.4. The predicted molar refractivity (Wildman–Crippen MR) is 91.0 cm³/mol. The Bertz CT molecular complexity index is 757. The van der Waals surface area contributed by atoms with E-state index in [-0.39, 0.29) is 18.5 Å². The minimum Gasteiger partial charge on any atom is -0.376 e. The maximum Gasteiger partial charge on any atom is 0.416 e. The van der Waals surface area contributed by atoms with Gasteiger partial charge in [-0.2, -0.15) is 18.2 Å². The number of carbonyl (C=O) groups excluding carboxylic acids is 1. The number of benzene rings is 1. The van der Waals surface area contributed by atoms with E-state index in [9.17, 15) is 18.0 Å². The molecule has 0 atom stereocenters. The Labute approximate surface area is 149 Å².